The van der Waals surface area contributed by atoms with Crippen molar-refractivity contribution in [1.29, 1.82) is 0 Å². The van der Waals surface area contributed by atoms with Crippen LogP contribution in [0.15, 0.2) is 36.4 Å². The Hall–Kier alpha value is -2.83. The lowest BCUT2D eigenvalue weighted by atomic mass is 9.87. The summed E-state index contributed by atoms with van der Waals surface area (Å²) in [6.07, 6.45) is 0.309. The summed E-state index contributed by atoms with van der Waals surface area (Å²) >= 11 is 0. The predicted molar refractivity (Wildman–Crippen MR) is 100 cm³/mol. The molecule has 1 aliphatic carbocycles. The topological polar surface area (TPSA) is 58.2 Å². The molecule has 0 heterocycles. The summed E-state index contributed by atoms with van der Waals surface area (Å²) in [5.74, 6) is -6.55. The normalized spacial score (nSPS) is 18.5. The van der Waals surface area contributed by atoms with Gasteiger partial charge < -0.3 is 10.6 Å². The summed E-state index contributed by atoms with van der Waals surface area (Å²) in [6.45, 7) is 6.26. The minimum atomic E-state index is -1.65. The molecule has 1 fully saturated rings. The van der Waals surface area contributed by atoms with Crippen molar-refractivity contribution < 1.29 is 22.8 Å². The average molecular weight is 390 g/mol. The van der Waals surface area contributed by atoms with E-state index in [-0.39, 0.29) is 11.3 Å². The zero-order valence-electron chi connectivity index (χ0n) is 15.8. The fourth-order valence-electron chi connectivity index (χ4n) is 2.91. The van der Waals surface area contributed by atoms with E-state index in [1.807, 2.05) is 12.1 Å². The van der Waals surface area contributed by atoms with Crippen LogP contribution >= 0.6 is 0 Å². The summed E-state index contributed by atoms with van der Waals surface area (Å²) in [6, 6.07) is 9.13. The number of carbonyl (C=O) groups excluding carboxylic acids is 2. The third kappa shape index (κ3) is 4.18. The molecule has 2 aromatic carbocycles. The van der Waals surface area contributed by atoms with E-state index < -0.39 is 40.9 Å². The Labute approximate surface area is 161 Å². The number of nitrogens with one attached hydrogen (secondary N) is 2. The van der Waals surface area contributed by atoms with Gasteiger partial charge in [0, 0.05) is 5.69 Å². The molecule has 4 nitrogen and oxygen atoms in total. The predicted octanol–water partition coefficient (Wildman–Crippen LogP) is 4.61. The molecule has 0 saturated heterocycles. The van der Waals surface area contributed by atoms with Crippen molar-refractivity contribution in [3.63, 3.8) is 0 Å². The van der Waals surface area contributed by atoms with E-state index in [9.17, 15) is 22.8 Å². The van der Waals surface area contributed by atoms with Crippen LogP contribution in [0.25, 0.3) is 0 Å². The highest BCUT2D eigenvalue weighted by atomic mass is 19.2. The first-order valence-corrected chi connectivity index (χ1v) is 8.93. The Morgan fingerprint density at radius 1 is 0.857 bits per heavy atom. The summed E-state index contributed by atoms with van der Waals surface area (Å²) in [5, 5.41) is 4.97. The highest BCUT2D eigenvalue weighted by molar-refractivity contribution is 6.03. The van der Waals surface area contributed by atoms with Gasteiger partial charge in [0.25, 0.3) is 0 Å². The number of anilines is 2. The fourth-order valence-corrected chi connectivity index (χ4v) is 2.91. The smallest absolute Gasteiger partial charge is 0.228 e. The van der Waals surface area contributed by atoms with Crippen molar-refractivity contribution in [3.8, 4) is 0 Å². The van der Waals surface area contributed by atoms with Gasteiger partial charge in [-0.25, -0.2) is 13.2 Å². The molecule has 3 rings (SSSR count). The maximum Gasteiger partial charge on any atom is 0.228 e. The van der Waals surface area contributed by atoms with Crippen LogP contribution in [-0.2, 0) is 15.0 Å². The maximum atomic E-state index is 13.7. The van der Waals surface area contributed by atoms with Crippen LogP contribution in [0.4, 0.5) is 24.5 Å². The van der Waals surface area contributed by atoms with E-state index in [0.717, 1.165) is 17.7 Å². The SMILES string of the molecule is CC(C)(C)c1ccc(NC(=O)C2CC2C(=O)Nc2ccc(F)c(F)c2F)cc1. The fraction of sp³-hybridized carbons (Fsp3) is 0.333. The minimum Gasteiger partial charge on any atom is -0.326 e. The Kier molecular flexibility index (Phi) is 5.19. The second-order valence-corrected chi connectivity index (χ2v) is 7.98. The number of hydrogen-bond donors (Lipinski definition) is 2. The first kappa shape index (κ1) is 19.9. The molecule has 0 bridgehead atoms. The number of halogens is 3. The number of rotatable bonds is 4. The molecular formula is C21H21F3N2O2. The average Bonchev–Trinajstić information content (AvgIpc) is 3.43. The number of amides is 2. The highest BCUT2D eigenvalue weighted by Crippen LogP contribution is 2.40. The number of benzene rings is 2. The van der Waals surface area contributed by atoms with Crippen LogP contribution in [0.3, 0.4) is 0 Å². The molecule has 1 aliphatic rings. The van der Waals surface area contributed by atoms with Gasteiger partial charge in [0.1, 0.15) is 0 Å². The van der Waals surface area contributed by atoms with Gasteiger partial charge in [-0.2, -0.15) is 0 Å². The summed E-state index contributed by atoms with van der Waals surface area (Å²) in [4.78, 5) is 24.5. The van der Waals surface area contributed by atoms with Crippen molar-refractivity contribution in [1.82, 2.24) is 0 Å². The third-order valence-corrected chi connectivity index (χ3v) is 4.78. The Morgan fingerprint density at radius 2 is 1.43 bits per heavy atom. The van der Waals surface area contributed by atoms with E-state index in [1.54, 1.807) is 12.1 Å². The Bertz CT molecular complexity index is 920. The van der Waals surface area contributed by atoms with Crippen LogP contribution in [0.1, 0.15) is 32.8 Å². The molecule has 7 heteroatoms. The lowest BCUT2D eigenvalue weighted by molar-refractivity contribution is -0.122. The zero-order valence-corrected chi connectivity index (χ0v) is 15.8. The molecule has 0 spiro atoms. The lowest BCUT2D eigenvalue weighted by Crippen LogP contribution is -2.21. The van der Waals surface area contributed by atoms with Crippen LogP contribution in [-0.4, -0.2) is 11.8 Å². The molecule has 2 aromatic rings. The molecule has 2 N–H and O–H groups in total. The number of hydrogen-bond acceptors (Lipinski definition) is 2. The number of carbonyl (C=O) groups is 2. The molecule has 2 amide bonds. The maximum absolute atomic E-state index is 13.7. The third-order valence-electron chi connectivity index (χ3n) is 4.78. The van der Waals surface area contributed by atoms with Gasteiger partial charge in [0.15, 0.2) is 17.5 Å². The largest absolute Gasteiger partial charge is 0.326 e. The van der Waals surface area contributed by atoms with Crippen molar-refractivity contribution >= 4 is 23.2 Å². The van der Waals surface area contributed by atoms with Crippen molar-refractivity contribution in [3.05, 3.63) is 59.4 Å². The van der Waals surface area contributed by atoms with Gasteiger partial charge in [0.05, 0.1) is 17.5 Å². The van der Waals surface area contributed by atoms with Gasteiger partial charge in [-0.15, -0.1) is 0 Å². The summed E-state index contributed by atoms with van der Waals surface area (Å²) in [7, 11) is 0. The van der Waals surface area contributed by atoms with E-state index in [2.05, 4.69) is 31.4 Å². The molecule has 2 unspecified atom stereocenters. The van der Waals surface area contributed by atoms with Crippen molar-refractivity contribution in [2.75, 3.05) is 10.6 Å². The van der Waals surface area contributed by atoms with Crippen molar-refractivity contribution in [2.24, 2.45) is 11.8 Å². The zero-order chi connectivity index (χ0) is 20.6. The quantitative estimate of drug-likeness (QED) is 0.749. The van der Waals surface area contributed by atoms with E-state index in [1.165, 1.54) is 0 Å². The summed E-state index contributed by atoms with van der Waals surface area (Å²) < 4.78 is 39.9. The van der Waals surface area contributed by atoms with E-state index in [0.29, 0.717) is 12.1 Å². The van der Waals surface area contributed by atoms with Crippen LogP contribution < -0.4 is 10.6 Å². The molecule has 0 aliphatic heterocycles. The standard InChI is InChI=1S/C21H21F3N2O2/c1-21(2,3)11-4-6-12(7-5-11)25-19(27)13-10-14(13)20(28)26-16-9-8-15(22)17(23)18(16)24/h4-9,13-14H,10H2,1-3H3,(H,25,27)(H,26,28). The highest BCUT2D eigenvalue weighted by Gasteiger charge is 2.48. The second-order valence-electron chi connectivity index (χ2n) is 7.98. The Balaban J connectivity index is 1.58. The van der Waals surface area contributed by atoms with Crippen LogP contribution in [0, 0.1) is 29.3 Å². The molecule has 1 saturated carbocycles. The monoisotopic (exact) mass is 390 g/mol. The van der Waals surface area contributed by atoms with Crippen molar-refractivity contribution in [2.45, 2.75) is 32.6 Å². The lowest BCUT2D eigenvalue weighted by Gasteiger charge is -2.19. The van der Waals surface area contributed by atoms with E-state index >= 15 is 0 Å². The first-order chi connectivity index (χ1) is 13.1. The molecule has 148 valence electrons. The van der Waals surface area contributed by atoms with Gasteiger partial charge in [-0.05, 0) is 41.7 Å². The van der Waals surface area contributed by atoms with Crippen LogP contribution in [0.5, 0.6) is 0 Å². The molecule has 0 aromatic heterocycles. The molecule has 2 atom stereocenters. The van der Waals surface area contributed by atoms with E-state index in [4.69, 9.17) is 0 Å². The Morgan fingerprint density at radius 3 is 2.00 bits per heavy atom. The minimum absolute atomic E-state index is 0.00266. The second kappa shape index (κ2) is 7.30. The molecular weight excluding hydrogens is 369 g/mol. The van der Waals surface area contributed by atoms with Gasteiger partial charge >= 0.3 is 0 Å². The van der Waals surface area contributed by atoms with Crippen LogP contribution in [0.2, 0.25) is 0 Å². The molecule has 28 heavy (non-hydrogen) atoms. The molecule has 0 radical (unpaired) electrons. The van der Waals surface area contributed by atoms with Gasteiger partial charge in [-0.1, -0.05) is 32.9 Å². The summed E-state index contributed by atoms with van der Waals surface area (Å²) in [5.41, 5.74) is 1.29. The first-order valence-electron chi connectivity index (χ1n) is 8.93. The van der Waals surface area contributed by atoms with Gasteiger partial charge in [-0.3, -0.25) is 9.59 Å². The van der Waals surface area contributed by atoms with Gasteiger partial charge in [0.2, 0.25) is 11.8 Å².